The lowest BCUT2D eigenvalue weighted by Gasteiger charge is -2.29. The lowest BCUT2D eigenvalue weighted by Crippen LogP contribution is -2.38. The van der Waals surface area contributed by atoms with Gasteiger partial charge in [0, 0.05) is 0 Å². The number of carbonyl (C=O) groups is 1. The van der Waals surface area contributed by atoms with Crippen molar-refractivity contribution in [1.29, 1.82) is 0 Å². The zero-order valence-electron chi connectivity index (χ0n) is 7.23. The van der Waals surface area contributed by atoms with E-state index in [4.69, 9.17) is 10.3 Å². The third kappa shape index (κ3) is 2.11. The van der Waals surface area contributed by atoms with Gasteiger partial charge in [-0.15, -0.1) is 0 Å². The van der Waals surface area contributed by atoms with Crippen LogP contribution in [0.4, 0.5) is 4.79 Å². The van der Waals surface area contributed by atoms with Crippen LogP contribution in [0.5, 0.6) is 0 Å². The highest BCUT2D eigenvalue weighted by Crippen LogP contribution is 2.26. The molecule has 0 spiro atoms. The zero-order chi connectivity index (χ0) is 9.14. The minimum Gasteiger partial charge on any atom is -0.463 e. The van der Waals surface area contributed by atoms with E-state index in [1.54, 1.807) is 0 Å². The summed E-state index contributed by atoms with van der Waals surface area (Å²) in [7, 11) is 0. The van der Waals surface area contributed by atoms with Gasteiger partial charge in [-0.1, -0.05) is 6.92 Å². The van der Waals surface area contributed by atoms with Crippen LogP contribution in [-0.4, -0.2) is 27.5 Å². The van der Waals surface area contributed by atoms with Crippen LogP contribution in [0.25, 0.3) is 0 Å². The van der Waals surface area contributed by atoms with E-state index in [0.29, 0.717) is 11.0 Å². The van der Waals surface area contributed by atoms with E-state index in [-0.39, 0.29) is 6.04 Å². The lowest BCUT2D eigenvalue weighted by atomic mass is 9.87. The predicted molar refractivity (Wildman–Crippen MR) is 43.1 cm³/mol. The molecule has 1 amide bonds. The Hall–Kier alpha value is -0.770. The minimum absolute atomic E-state index is 0.182. The molecule has 0 aromatic carbocycles. The van der Waals surface area contributed by atoms with Crippen LogP contribution < -0.4 is 0 Å². The van der Waals surface area contributed by atoms with Gasteiger partial charge < -0.3 is 5.11 Å². The summed E-state index contributed by atoms with van der Waals surface area (Å²) in [5.41, 5.74) is 0. The molecular weight excluding hydrogens is 158 g/mol. The molecule has 2 N–H and O–H groups in total. The van der Waals surface area contributed by atoms with Crippen LogP contribution in [0.15, 0.2) is 0 Å². The first kappa shape index (κ1) is 9.32. The summed E-state index contributed by atoms with van der Waals surface area (Å²) in [6.07, 6.45) is 2.34. The smallest absolute Gasteiger partial charge is 0.431 e. The van der Waals surface area contributed by atoms with Gasteiger partial charge in [0.25, 0.3) is 0 Å². The number of hydroxylamine groups is 2. The van der Waals surface area contributed by atoms with Crippen molar-refractivity contribution in [3.8, 4) is 0 Å². The average Bonchev–Trinajstić information content (AvgIpc) is 2.04. The fourth-order valence-corrected chi connectivity index (χ4v) is 1.64. The summed E-state index contributed by atoms with van der Waals surface area (Å²) >= 11 is 0. The van der Waals surface area contributed by atoms with E-state index in [1.165, 1.54) is 0 Å². The second-order valence-electron chi connectivity index (χ2n) is 3.54. The zero-order valence-corrected chi connectivity index (χ0v) is 7.23. The maximum Gasteiger partial charge on any atom is 0.431 e. The number of nitrogens with zero attached hydrogens (tertiary/aromatic N) is 1. The maximum atomic E-state index is 10.4. The van der Waals surface area contributed by atoms with E-state index < -0.39 is 6.09 Å². The van der Waals surface area contributed by atoms with Crippen molar-refractivity contribution in [3.05, 3.63) is 0 Å². The van der Waals surface area contributed by atoms with Gasteiger partial charge in [-0.3, -0.25) is 5.21 Å². The van der Waals surface area contributed by atoms with Crippen molar-refractivity contribution in [2.45, 2.75) is 38.6 Å². The molecule has 0 aromatic heterocycles. The molecule has 1 rings (SSSR count). The number of amides is 1. The van der Waals surface area contributed by atoms with Crippen LogP contribution >= 0.6 is 0 Å². The van der Waals surface area contributed by atoms with Crippen LogP contribution in [0.2, 0.25) is 0 Å². The molecule has 4 heteroatoms. The fraction of sp³-hybridized carbons (Fsp3) is 0.875. The van der Waals surface area contributed by atoms with E-state index in [9.17, 15) is 4.79 Å². The van der Waals surface area contributed by atoms with Gasteiger partial charge in [-0.2, -0.15) is 5.06 Å². The molecule has 0 aromatic rings. The van der Waals surface area contributed by atoms with Crippen LogP contribution in [0.3, 0.4) is 0 Å². The van der Waals surface area contributed by atoms with Crippen molar-refractivity contribution in [2.24, 2.45) is 5.92 Å². The van der Waals surface area contributed by atoms with Crippen molar-refractivity contribution >= 4 is 6.09 Å². The van der Waals surface area contributed by atoms with Gasteiger partial charge in [-0.05, 0) is 31.6 Å². The molecule has 12 heavy (non-hydrogen) atoms. The van der Waals surface area contributed by atoms with Gasteiger partial charge in [-0.25, -0.2) is 4.79 Å². The van der Waals surface area contributed by atoms with E-state index >= 15 is 0 Å². The Labute approximate surface area is 71.8 Å². The Bertz CT molecular complexity index is 164. The van der Waals surface area contributed by atoms with Crippen LogP contribution in [0, 0.1) is 5.92 Å². The molecule has 0 bridgehead atoms. The molecule has 4 nitrogen and oxygen atoms in total. The third-order valence-electron chi connectivity index (χ3n) is 2.53. The van der Waals surface area contributed by atoms with Crippen molar-refractivity contribution in [2.75, 3.05) is 0 Å². The molecule has 1 fully saturated rings. The van der Waals surface area contributed by atoms with Gasteiger partial charge in [0.1, 0.15) is 0 Å². The fourth-order valence-electron chi connectivity index (χ4n) is 1.64. The second kappa shape index (κ2) is 3.76. The highest BCUT2D eigenvalue weighted by atomic mass is 16.6. The van der Waals surface area contributed by atoms with Gasteiger partial charge in [0.05, 0.1) is 6.04 Å². The highest BCUT2D eigenvalue weighted by molar-refractivity contribution is 5.63. The maximum absolute atomic E-state index is 10.4. The quantitative estimate of drug-likeness (QED) is 0.470. The summed E-state index contributed by atoms with van der Waals surface area (Å²) in [5.74, 6) is 0.670. The molecule has 1 aliphatic rings. The first-order valence-corrected chi connectivity index (χ1v) is 4.32. The highest BCUT2D eigenvalue weighted by Gasteiger charge is 2.25. The molecule has 0 atom stereocenters. The van der Waals surface area contributed by atoms with Crippen molar-refractivity contribution < 1.29 is 15.1 Å². The molecule has 70 valence electrons. The molecule has 0 radical (unpaired) electrons. The molecule has 0 aliphatic heterocycles. The van der Waals surface area contributed by atoms with Crippen molar-refractivity contribution in [3.63, 3.8) is 0 Å². The Kier molecular flexibility index (Phi) is 2.92. The number of hydrogen-bond acceptors (Lipinski definition) is 2. The summed E-state index contributed by atoms with van der Waals surface area (Å²) in [6, 6.07) is -0.182. The lowest BCUT2D eigenvalue weighted by molar-refractivity contribution is -0.106. The second-order valence-corrected chi connectivity index (χ2v) is 3.54. The normalized spacial score (nSPS) is 29.8. The molecular formula is C8H15NO3. The van der Waals surface area contributed by atoms with Gasteiger partial charge >= 0.3 is 6.09 Å². The number of rotatable bonds is 1. The molecule has 0 saturated heterocycles. The first-order chi connectivity index (χ1) is 5.61. The van der Waals surface area contributed by atoms with E-state index in [1.807, 2.05) is 0 Å². The summed E-state index contributed by atoms with van der Waals surface area (Å²) < 4.78 is 0. The molecule has 1 aliphatic carbocycles. The average molecular weight is 173 g/mol. The number of carboxylic acid groups (broad SMARTS) is 1. The Balaban J connectivity index is 2.39. The Morgan fingerprint density at radius 1 is 1.33 bits per heavy atom. The summed E-state index contributed by atoms with van der Waals surface area (Å²) in [6.45, 7) is 2.15. The Morgan fingerprint density at radius 3 is 2.25 bits per heavy atom. The van der Waals surface area contributed by atoms with Gasteiger partial charge in [0.2, 0.25) is 0 Å². The standard InChI is InChI=1S/C8H15NO3/c1-6-2-4-7(5-3-6)9(12)8(10)11/h6-7,12H,2-5H2,1H3,(H,10,11). The molecule has 1 saturated carbocycles. The van der Waals surface area contributed by atoms with E-state index in [2.05, 4.69) is 6.92 Å². The SMILES string of the molecule is CC1CCC(N(O)C(=O)O)CC1. The van der Waals surface area contributed by atoms with Gasteiger partial charge in [0.15, 0.2) is 0 Å². The monoisotopic (exact) mass is 173 g/mol. The molecule has 0 unspecified atom stereocenters. The minimum atomic E-state index is -1.24. The van der Waals surface area contributed by atoms with E-state index in [0.717, 1.165) is 25.7 Å². The topological polar surface area (TPSA) is 60.8 Å². The summed E-state index contributed by atoms with van der Waals surface area (Å²) in [5, 5.41) is 18.0. The predicted octanol–water partition coefficient (Wildman–Crippen LogP) is 1.93. The largest absolute Gasteiger partial charge is 0.463 e. The first-order valence-electron chi connectivity index (χ1n) is 4.32. The number of hydrogen-bond donors (Lipinski definition) is 2. The third-order valence-corrected chi connectivity index (χ3v) is 2.53. The summed E-state index contributed by atoms with van der Waals surface area (Å²) in [4.78, 5) is 10.4. The van der Waals surface area contributed by atoms with Crippen molar-refractivity contribution in [1.82, 2.24) is 5.06 Å². The van der Waals surface area contributed by atoms with Crippen LogP contribution in [-0.2, 0) is 0 Å². The molecule has 0 heterocycles. The van der Waals surface area contributed by atoms with Crippen LogP contribution in [0.1, 0.15) is 32.6 Å². The Morgan fingerprint density at radius 2 is 1.83 bits per heavy atom.